The smallest absolute Gasteiger partial charge is 0.272 e. The van der Waals surface area contributed by atoms with E-state index in [4.69, 9.17) is 0 Å². The number of aromatic nitrogens is 1. The summed E-state index contributed by atoms with van der Waals surface area (Å²) in [6, 6.07) is 16.8. The molecule has 0 unspecified atom stereocenters. The minimum absolute atomic E-state index is 0.0664. The van der Waals surface area contributed by atoms with Gasteiger partial charge in [-0.1, -0.05) is 36.4 Å². The lowest BCUT2D eigenvalue weighted by Crippen LogP contribution is -2.41. The average molecular weight is 418 g/mol. The fourth-order valence-electron chi connectivity index (χ4n) is 4.26. The molecular weight excluding hydrogens is 389 g/mol. The summed E-state index contributed by atoms with van der Waals surface area (Å²) in [4.78, 5) is 21.4. The van der Waals surface area contributed by atoms with E-state index in [1.165, 1.54) is 28.8 Å². The van der Waals surface area contributed by atoms with Gasteiger partial charge in [0.15, 0.2) is 0 Å². The van der Waals surface area contributed by atoms with Crippen molar-refractivity contribution in [2.45, 2.75) is 31.8 Å². The number of nitrogens with zero attached hydrogens (tertiary/aromatic N) is 3. The van der Waals surface area contributed by atoms with Crippen LogP contribution in [0, 0.1) is 5.82 Å². The first-order valence-electron chi connectivity index (χ1n) is 10.7. The number of likely N-dealkylation sites (N-methyl/N-ethyl adjacent to an activating group) is 1. The number of rotatable bonds is 5. The lowest BCUT2D eigenvalue weighted by atomic mass is 9.86. The second kappa shape index (κ2) is 8.98. The zero-order valence-corrected chi connectivity index (χ0v) is 18.3. The number of pyridine rings is 1. The van der Waals surface area contributed by atoms with E-state index in [0.29, 0.717) is 5.69 Å². The summed E-state index contributed by atoms with van der Waals surface area (Å²) < 4.78 is 13.1. The molecule has 5 heteroatoms. The Hall–Kier alpha value is -3.05. The second-order valence-corrected chi connectivity index (χ2v) is 8.59. The van der Waals surface area contributed by atoms with Crippen LogP contribution in [0.4, 0.5) is 4.39 Å². The molecule has 1 atom stereocenters. The largest absolute Gasteiger partial charge is 0.337 e. The van der Waals surface area contributed by atoms with E-state index in [-0.39, 0.29) is 17.8 Å². The summed E-state index contributed by atoms with van der Waals surface area (Å²) in [5.41, 5.74) is 6.23. The maximum absolute atomic E-state index is 13.1. The topological polar surface area (TPSA) is 36.4 Å². The normalized spacial score (nSPS) is 15.6. The van der Waals surface area contributed by atoms with Gasteiger partial charge < -0.3 is 9.80 Å². The first-order chi connectivity index (χ1) is 14.9. The number of hydrogen-bond acceptors (Lipinski definition) is 3. The summed E-state index contributed by atoms with van der Waals surface area (Å²) in [7, 11) is 6.03. The van der Waals surface area contributed by atoms with Crippen LogP contribution < -0.4 is 0 Å². The Balaban J connectivity index is 1.44. The van der Waals surface area contributed by atoms with E-state index < -0.39 is 0 Å². The molecule has 31 heavy (non-hydrogen) atoms. The van der Waals surface area contributed by atoms with Crippen LogP contribution in [0.5, 0.6) is 0 Å². The summed E-state index contributed by atoms with van der Waals surface area (Å²) in [6.45, 7) is 0.939. The van der Waals surface area contributed by atoms with Gasteiger partial charge in [-0.3, -0.25) is 9.78 Å². The third-order valence-corrected chi connectivity index (χ3v) is 6.00. The highest BCUT2D eigenvalue weighted by atomic mass is 19.1. The molecule has 1 amide bonds. The fourth-order valence-corrected chi connectivity index (χ4v) is 4.26. The van der Waals surface area contributed by atoms with Gasteiger partial charge in [0, 0.05) is 31.4 Å². The lowest BCUT2D eigenvalue weighted by Gasteiger charge is -2.32. The van der Waals surface area contributed by atoms with E-state index >= 15 is 0 Å². The Morgan fingerprint density at radius 1 is 1.00 bits per heavy atom. The van der Waals surface area contributed by atoms with Crippen LogP contribution in [0.1, 0.15) is 33.6 Å². The van der Waals surface area contributed by atoms with Crippen molar-refractivity contribution < 1.29 is 9.18 Å². The number of amides is 1. The monoisotopic (exact) mass is 417 g/mol. The molecule has 4 rings (SSSR count). The number of fused-ring (bicyclic) bond motifs is 1. The fraction of sp³-hybridized carbons (Fsp3) is 0.308. The van der Waals surface area contributed by atoms with Crippen molar-refractivity contribution in [3.8, 4) is 11.1 Å². The first-order valence-corrected chi connectivity index (χ1v) is 10.7. The van der Waals surface area contributed by atoms with Gasteiger partial charge in [0.1, 0.15) is 11.5 Å². The van der Waals surface area contributed by atoms with Crippen molar-refractivity contribution in [1.29, 1.82) is 0 Å². The maximum Gasteiger partial charge on any atom is 0.272 e. The molecule has 0 bridgehead atoms. The zero-order valence-electron chi connectivity index (χ0n) is 18.3. The Bertz CT molecular complexity index is 1060. The van der Waals surface area contributed by atoms with Gasteiger partial charge in [-0.15, -0.1) is 0 Å². The SMILES string of the molecule is CN(C)Cc1ccc2c(c1)CC[C@H](N(C)C(=O)c1ccc(-c3ccc(F)cc3)cn1)C2. The number of benzene rings is 2. The molecule has 3 aromatic rings. The molecule has 1 aromatic heterocycles. The minimum Gasteiger partial charge on any atom is -0.337 e. The molecule has 0 radical (unpaired) electrons. The molecule has 1 heterocycles. The van der Waals surface area contributed by atoms with Crippen LogP contribution in [-0.4, -0.2) is 47.9 Å². The van der Waals surface area contributed by atoms with Crippen molar-refractivity contribution in [3.63, 3.8) is 0 Å². The summed E-state index contributed by atoms with van der Waals surface area (Å²) in [6.07, 6.45) is 4.48. The van der Waals surface area contributed by atoms with Gasteiger partial charge in [-0.05, 0) is 73.8 Å². The van der Waals surface area contributed by atoms with Crippen molar-refractivity contribution in [2.75, 3.05) is 21.1 Å². The minimum atomic E-state index is -0.270. The molecule has 0 N–H and O–H groups in total. The van der Waals surface area contributed by atoms with E-state index in [2.05, 4.69) is 42.2 Å². The molecule has 0 aliphatic heterocycles. The summed E-state index contributed by atoms with van der Waals surface area (Å²) >= 11 is 0. The van der Waals surface area contributed by atoms with Crippen LogP contribution in [0.3, 0.4) is 0 Å². The Kier molecular flexibility index (Phi) is 6.14. The molecule has 1 aliphatic carbocycles. The van der Waals surface area contributed by atoms with Crippen LogP contribution in [0.15, 0.2) is 60.8 Å². The van der Waals surface area contributed by atoms with Crippen LogP contribution in [0.2, 0.25) is 0 Å². The summed E-state index contributed by atoms with van der Waals surface area (Å²) in [5.74, 6) is -0.337. The van der Waals surface area contributed by atoms with Gasteiger partial charge in [-0.2, -0.15) is 0 Å². The first kappa shape index (κ1) is 21.2. The molecule has 2 aromatic carbocycles. The van der Waals surface area contributed by atoms with Crippen molar-refractivity contribution >= 4 is 5.91 Å². The number of halogens is 1. The van der Waals surface area contributed by atoms with Crippen molar-refractivity contribution in [1.82, 2.24) is 14.8 Å². The van der Waals surface area contributed by atoms with Crippen molar-refractivity contribution in [3.05, 3.63) is 89.0 Å². The Morgan fingerprint density at radius 2 is 1.74 bits per heavy atom. The molecule has 0 fully saturated rings. The predicted molar refractivity (Wildman–Crippen MR) is 121 cm³/mol. The molecule has 0 saturated heterocycles. The standard InChI is InChI=1S/C26H28FN3O/c1-29(2)17-18-4-5-21-15-24(12-8-20(21)14-18)30(3)26(31)25-13-9-22(16-28-25)19-6-10-23(27)11-7-19/h4-7,9-11,13-14,16,24H,8,12,15,17H2,1-3H3/t24-/m0/s1. The average Bonchev–Trinajstić information content (AvgIpc) is 2.78. The molecule has 0 spiro atoms. The highest BCUT2D eigenvalue weighted by Gasteiger charge is 2.26. The van der Waals surface area contributed by atoms with Crippen LogP contribution >= 0.6 is 0 Å². The number of carbonyl (C=O) groups excluding carboxylic acids is 1. The molecule has 1 aliphatic rings. The van der Waals surface area contributed by atoms with Crippen molar-refractivity contribution in [2.24, 2.45) is 0 Å². The highest BCUT2D eigenvalue weighted by Crippen LogP contribution is 2.26. The van der Waals surface area contributed by atoms with Crippen LogP contribution in [0.25, 0.3) is 11.1 Å². The van der Waals surface area contributed by atoms with Gasteiger partial charge in [0.05, 0.1) is 0 Å². The van der Waals surface area contributed by atoms with E-state index in [1.807, 2.05) is 18.0 Å². The van der Waals surface area contributed by atoms with Gasteiger partial charge in [0.2, 0.25) is 0 Å². The Morgan fingerprint density at radius 3 is 2.42 bits per heavy atom. The van der Waals surface area contributed by atoms with E-state index in [0.717, 1.165) is 36.9 Å². The number of hydrogen-bond donors (Lipinski definition) is 0. The van der Waals surface area contributed by atoms with E-state index in [9.17, 15) is 9.18 Å². The van der Waals surface area contributed by atoms with Gasteiger partial charge >= 0.3 is 0 Å². The third-order valence-electron chi connectivity index (χ3n) is 6.00. The Labute approximate surface area is 183 Å². The number of aryl methyl sites for hydroxylation is 1. The highest BCUT2D eigenvalue weighted by molar-refractivity contribution is 5.92. The zero-order chi connectivity index (χ0) is 22.0. The summed E-state index contributed by atoms with van der Waals surface area (Å²) in [5, 5.41) is 0. The molecule has 4 nitrogen and oxygen atoms in total. The van der Waals surface area contributed by atoms with Gasteiger partial charge in [0.25, 0.3) is 5.91 Å². The second-order valence-electron chi connectivity index (χ2n) is 8.59. The lowest BCUT2D eigenvalue weighted by molar-refractivity contribution is 0.0713. The molecule has 160 valence electrons. The number of carbonyl (C=O) groups is 1. The van der Waals surface area contributed by atoms with Gasteiger partial charge in [-0.25, -0.2) is 4.39 Å². The molecular formula is C26H28FN3O. The predicted octanol–water partition coefficient (Wildman–Crippen LogP) is 4.58. The molecule has 0 saturated carbocycles. The third kappa shape index (κ3) is 4.83. The maximum atomic E-state index is 13.1. The van der Waals surface area contributed by atoms with E-state index in [1.54, 1.807) is 24.4 Å². The van der Waals surface area contributed by atoms with Crippen LogP contribution in [-0.2, 0) is 19.4 Å². The quantitative estimate of drug-likeness (QED) is 0.610.